The van der Waals surface area contributed by atoms with Crippen molar-refractivity contribution in [1.82, 2.24) is 9.97 Å². The molecule has 1 aromatic rings. The molecule has 1 aliphatic carbocycles. The smallest absolute Gasteiger partial charge is 0.150 e. The Morgan fingerprint density at radius 3 is 2.88 bits per heavy atom. The number of rotatable bonds is 4. The maximum Gasteiger partial charge on any atom is 0.150 e. The van der Waals surface area contributed by atoms with Crippen molar-refractivity contribution in [2.24, 2.45) is 0 Å². The highest BCUT2D eigenvalue weighted by molar-refractivity contribution is 5.45. The third-order valence-electron chi connectivity index (χ3n) is 2.78. The molecule has 84 valence electrons. The fourth-order valence-corrected chi connectivity index (χ4v) is 1.81. The first-order valence-electron chi connectivity index (χ1n) is 5.66. The summed E-state index contributed by atoms with van der Waals surface area (Å²) in [4.78, 5) is 11.1. The number of anilines is 1. The number of nitriles is 1. The predicted octanol–water partition coefficient (Wildman–Crippen LogP) is 1.98. The van der Waals surface area contributed by atoms with E-state index in [9.17, 15) is 0 Å². The lowest BCUT2D eigenvalue weighted by Crippen LogP contribution is -2.28. The Morgan fingerprint density at radius 1 is 1.50 bits per heavy atom. The lowest BCUT2D eigenvalue weighted by molar-refractivity contribution is 0.765. The first kappa shape index (κ1) is 10.9. The van der Waals surface area contributed by atoms with E-state index < -0.39 is 0 Å². The molecule has 1 saturated carbocycles. The summed E-state index contributed by atoms with van der Waals surface area (Å²) in [6.45, 7) is 4.69. The number of nitrogens with zero attached hydrogens (tertiary/aromatic N) is 4. The van der Waals surface area contributed by atoms with Crippen molar-refractivity contribution in [3.8, 4) is 6.07 Å². The van der Waals surface area contributed by atoms with Gasteiger partial charge in [0.1, 0.15) is 0 Å². The van der Waals surface area contributed by atoms with Gasteiger partial charge in [0.25, 0.3) is 0 Å². The number of aryl methyl sites for hydroxylation is 2. The van der Waals surface area contributed by atoms with E-state index >= 15 is 0 Å². The van der Waals surface area contributed by atoms with Crippen LogP contribution < -0.4 is 4.90 Å². The molecule has 0 unspecified atom stereocenters. The van der Waals surface area contributed by atoms with Gasteiger partial charge in [-0.05, 0) is 26.7 Å². The molecule has 0 bridgehead atoms. The van der Waals surface area contributed by atoms with E-state index in [1.165, 1.54) is 12.8 Å². The number of hydrogen-bond donors (Lipinski definition) is 0. The summed E-state index contributed by atoms with van der Waals surface area (Å²) in [6.07, 6.45) is 4.75. The first-order chi connectivity index (χ1) is 7.72. The van der Waals surface area contributed by atoms with Gasteiger partial charge in [-0.25, -0.2) is 4.98 Å². The van der Waals surface area contributed by atoms with Gasteiger partial charge in [0.2, 0.25) is 0 Å². The van der Waals surface area contributed by atoms with Gasteiger partial charge in [0.15, 0.2) is 5.82 Å². The molecule has 1 aromatic heterocycles. The lowest BCUT2D eigenvalue weighted by atomic mass is 10.3. The van der Waals surface area contributed by atoms with Crippen LogP contribution in [0, 0.1) is 25.2 Å². The van der Waals surface area contributed by atoms with Crippen molar-refractivity contribution in [1.29, 1.82) is 5.26 Å². The van der Waals surface area contributed by atoms with Crippen LogP contribution >= 0.6 is 0 Å². The summed E-state index contributed by atoms with van der Waals surface area (Å²) in [6, 6.07) is 2.77. The van der Waals surface area contributed by atoms with E-state index in [1.54, 1.807) is 6.20 Å². The molecule has 0 atom stereocenters. The molecule has 16 heavy (non-hydrogen) atoms. The zero-order valence-electron chi connectivity index (χ0n) is 9.77. The molecule has 1 heterocycles. The van der Waals surface area contributed by atoms with Crippen molar-refractivity contribution in [3.63, 3.8) is 0 Å². The van der Waals surface area contributed by atoms with E-state index in [0.29, 0.717) is 12.5 Å². The highest BCUT2D eigenvalue weighted by Gasteiger charge is 2.30. The normalized spacial score (nSPS) is 14.6. The summed E-state index contributed by atoms with van der Waals surface area (Å²) < 4.78 is 0. The molecule has 0 radical (unpaired) electrons. The van der Waals surface area contributed by atoms with Crippen LogP contribution in [0.2, 0.25) is 0 Å². The van der Waals surface area contributed by atoms with Crippen molar-refractivity contribution in [2.45, 2.75) is 39.2 Å². The second-order valence-electron chi connectivity index (χ2n) is 4.25. The molecule has 1 aliphatic rings. The molecular formula is C12H16N4. The molecule has 0 aromatic carbocycles. The quantitative estimate of drug-likeness (QED) is 0.772. The van der Waals surface area contributed by atoms with Gasteiger partial charge in [-0.3, -0.25) is 4.98 Å². The van der Waals surface area contributed by atoms with E-state index in [2.05, 4.69) is 20.9 Å². The van der Waals surface area contributed by atoms with Crippen LogP contribution in [0.25, 0.3) is 0 Å². The van der Waals surface area contributed by atoms with Gasteiger partial charge >= 0.3 is 0 Å². The summed E-state index contributed by atoms with van der Waals surface area (Å²) in [7, 11) is 0. The highest BCUT2D eigenvalue weighted by Crippen LogP contribution is 2.31. The molecule has 2 rings (SSSR count). The number of aromatic nitrogens is 2. The molecule has 4 heteroatoms. The molecule has 0 aliphatic heterocycles. The Kier molecular flexibility index (Phi) is 3.04. The summed E-state index contributed by atoms with van der Waals surface area (Å²) in [5.74, 6) is 0.956. The Bertz CT molecular complexity index is 418. The lowest BCUT2D eigenvalue weighted by Gasteiger charge is -2.23. The second-order valence-corrected chi connectivity index (χ2v) is 4.25. The topological polar surface area (TPSA) is 52.8 Å². The molecule has 0 spiro atoms. The molecule has 4 nitrogen and oxygen atoms in total. The zero-order valence-corrected chi connectivity index (χ0v) is 9.77. The van der Waals surface area contributed by atoms with Crippen LogP contribution in [-0.4, -0.2) is 22.6 Å². The van der Waals surface area contributed by atoms with Crippen molar-refractivity contribution < 1.29 is 0 Å². The monoisotopic (exact) mass is 216 g/mol. The highest BCUT2D eigenvalue weighted by atomic mass is 15.2. The Hall–Kier alpha value is -1.63. The Labute approximate surface area is 95.9 Å². The molecular weight excluding hydrogens is 200 g/mol. The van der Waals surface area contributed by atoms with Gasteiger partial charge in [-0.1, -0.05) is 0 Å². The average molecular weight is 216 g/mol. The minimum Gasteiger partial charge on any atom is -0.351 e. The van der Waals surface area contributed by atoms with E-state index in [4.69, 9.17) is 5.26 Å². The van der Waals surface area contributed by atoms with Crippen LogP contribution in [0.4, 0.5) is 5.82 Å². The van der Waals surface area contributed by atoms with Crippen LogP contribution in [-0.2, 0) is 0 Å². The maximum atomic E-state index is 8.68. The minimum absolute atomic E-state index is 0.547. The number of hydrogen-bond acceptors (Lipinski definition) is 4. The molecule has 0 N–H and O–H groups in total. The summed E-state index contributed by atoms with van der Waals surface area (Å²) >= 11 is 0. The molecule has 0 amide bonds. The summed E-state index contributed by atoms with van der Waals surface area (Å²) in [5.41, 5.74) is 1.89. The van der Waals surface area contributed by atoms with Crippen molar-refractivity contribution >= 4 is 5.82 Å². The van der Waals surface area contributed by atoms with Crippen LogP contribution in [0.5, 0.6) is 0 Å². The van der Waals surface area contributed by atoms with Crippen molar-refractivity contribution in [3.05, 3.63) is 17.6 Å². The predicted molar refractivity (Wildman–Crippen MR) is 62.1 cm³/mol. The van der Waals surface area contributed by atoms with Gasteiger partial charge in [-0.2, -0.15) is 5.26 Å². The van der Waals surface area contributed by atoms with E-state index in [1.807, 2.05) is 13.8 Å². The second kappa shape index (κ2) is 4.48. The van der Waals surface area contributed by atoms with Crippen LogP contribution in [0.15, 0.2) is 6.20 Å². The van der Waals surface area contributed by atoms with Crippen molar-refractivity contribution in [2.75, 3.05) is 11.4 Å². The average Bonchev–Trinajstić information content (AvgIpc) is 3.08. The maximum absolute atomic E-state index is 8.68. The molecule has 1 fully saturated rings. The minimum atomic E-state index is 0.547. The largest absolute Gasteiger partial charge is 0.351 e. The summed E-state index contributed by atoms with van der Waals surface area (Å²) in [5, 5.41) is 8.68. The Morgan fingerprint density at radius 2 is 2.25 bits per heavy atom. The van der Waals surface area contributed by atoms with Gasteiger partial charge in [-0.15, -0.1) is 0 Å². The fraction of sp³-hybridized carbons (Fsp3) is 0.583. The fourth-order valence-electron chi connectivity index (χ4n) is 1.81. The van der Waals surface area contributed by atoms with Crippen LogP contribution in [0.1, 0.15) is 30.7 Å². The van der Waals surface area contributed by atoms with E-state index in [-0.39, 0.29) is 0 Å². The standard InChI is InChI=1S/C12H16N4/c1-9-8-14-10(2)12(15-9)16(7-3-6-13)11-4-5-11/h8,11H,3-5,7H2,1-2H3. The third kappa shape index (κ3) is 2.30. The van der Waals surface area contributed by atoms with Gasteiger partial charge < -0.3 is 4.90 Å². The SMILES string of the molecule is Cc1cnc(C)c(N(CCC#N)C2CC2)n1. The van der Waals surface area contributed by atoms with E-state index in [0.717, 1.165) is 23.8 Å². The van der Waals surface area contributed by atoms with Crippen LogP contribution in [0.3, 0.4) is 0 Å². The Balaban J connectivity index is 2.23. The zero-order chi connectivity index (χ0) is 11.5. The first-order valence-corrected chi connectivity index (χ1v) is 5.66. The van der Waals surface area contributed by atoms with Gasteiger partial charge in [0, 0.05) is 18.8 Å². The molecule has 0 saturated heterocycles. The van der Waals surface area contributed by atoms with Gasteiger partial charge in [0.05, 0.1) is 23.9 Å². The third-order valence-corrected chi connectivity index (χ3v) is 2.78.